The normalized spacial score (nSPS) is 16.0. The van der Waals surface area contributed by atoms with Gasteiger partial charge in [-0.1, -0.05) is 19.3 Å². The lowest BCUT2D eigenvalue weighted by Gasteiger charge is -2.21. The smallest absolute Gasteiger partial charge is 0.273 e. The quantitative estimate of drug-likeness (QED) is 0.770. The first-order valence-corrected chi connectivity index (χ1v) is 7.23. The van der Waals surface area contributed by atoms with E-state index in [0.717, 1.165) is 6.42 Å². The van der Waals surface area contributed by atoms with Crippen LogP contribution in [0, 0.1) is 0 Å². The van der Waals surface area contributed by atoms with Crippen molar-refractivity contribution in [2.75, 3.05) is 18.9 Å². The summed E-state index contributed by atoms with van der Waals surface area (Å²) in [5, 5.41) is 2.78. The fraction of sp³-hybridized carbons (Fsp3) is 0.643. The van der Waals surface area contributed by atoms with E-state index in [9.17, 15) is 4.79 Å². The second-order valence-electron chi connectivity index (χ2n) is 5.03. The summed E-state index contributed by atoms with van der Waals surface area (Å²) in [5.74, 6) is -0.128. The largest absolute Gasteiger partial charge is 0.382 e. The van der Waals surface area contributed by atoms with Crippen molar-refractivity contribution in [1.82, 2.24) is 15.3 Å². The van der Waals surface area contributed by atoms with Crippen LogP contribution in [0.4, 0.5) is 5.82 Å². The Morgan fingerprint density at radius 3 is 2.80 bits per heavy atom. The predicted molar refractivity (Wildman–Crippen MR) is 76.2 cm³/mol. The molecular formula is C14H22N4O2. The molecule has 1 aromatic rings. The number of carbonyl (C=O) groups excluding carboxylic acids is 1. The molecule has 0 spiro atoms. The van der Waals surface area contributed by atoms with Gasteiger partial charge in [0, 0.05) is 25.5 Å². The first kappa shape index (κ1) is 14.7. The van der Waals surface area contributed by atoms with Crippen molar-refractivity contribution >= 4 is 11.7 Å². The van der Waals surface area contributed by atoms with Gasteiger partial charge in [0.25, 0.3) is 5.91 Å². The molecule has 1 aromatic heterocycles. The first-order chi connectivity index (χ1) is 9.77. The van der Waals surface area contributed by atoms with E-state index < -0.39 is 0 Å². The minimum atomic E-state index is -0.284. The van der Waals surface area contributed by atoms with Gasteiger partial charge in [-0.3, -0.25) is 4.79 Å². The third kappa shape index (κ3) is 4.45. The lowest BCUT2D eigenvalue weighted by Crippen LogP contribution is -2.28. The number of anilines is 1. The lowest BCUT2D eigenvalue weighted by molar-refractivity contribution is 0.0273. The zero-order valence-corrected chi connectivity index (χ0v) is 11.7. The average Bonchev–Trinajstić information content (AvgIpc) is 2.48. The second-order valence-corrected chi connectivity index (χ2v) is 5.03. The summed E-state index contributed by atoms with van der Waals surface area (Å²) in [7, 11) is 0. The molecule has 1 fully saturated rings. The molecule has 0 bridgehead atoms. The van der Waals surface area contributed by atoms with Crippen LogP contribution in [0.15, 0.2) is 12.4 Å². The summed E-state index contributed by atoms with van der Waals surface area (Å²) < 4.78 is 5.79. The summed E-state index contributed by atoms with van der Waals surface area (Å²) in [4.78, 5) is 19.6. The predicted octanol–water partition coefficient (Wildman–Crippen LogP) is 1.53. The number of nitrogen functional groups attached to an aromatic ring is 1. The molecule has 1 amide bonds. The molecule has 1 heterocycles. The summed E-state index contributed by atoms with van der Waals surface area (Å²) in [6, 6.07) is 0. The van der Waals surface area contributed by atoms with Crippen molar-refractivity contribution in [2.24, 2.45) is 0 Å². The maximum Gasteiger partial charge on any atom is 0.273 e. The monoisotopic (exact) mass is 278 g/mol. The van der Waals surface area contributed by atoms with E-state index in [1.165, 1.54) is 44.5 Å². The molecule has 20 heavy (non-hydrogen) atoms. The van der Waals surface area contributed by atoms with Gasteiger partial charge in [0.15, 0.2) is 11.5 Å². The molecule has 0 aromatic carbocycles. The van der Waals surface area contributed by atoms with Gasteiger partial charge < -0.3 is 15.8 Å². The summed E-state index contributed by atoms with van der Waals surface area (Å²) >= 11 is 0. The number of nitrogens with zero attached hydrogens (tertiary/aromatic N) is 2. The van der Waals surface area contributed by atoms with Gasteiger partial charge in [-0.25, -0.2) is 9.97 Å². The molecule has 0 radical (unpaired) electrons. The van der Waals surface area contributed by atoms with Gasteiger partial charge >= 0.3 is 0 Å². The molecule has 1 aliphatic rings. The molecule has 3 N–H and O–H groups in total. The number of rotatable bonds is 6. The van der Waals surface area contributed by atoms with Gasteiger partial charge in [0.2, 0.25) is 0 Å². The van der Waals surface area contributed by atoms with Crippen LogP contribution in [0.3, 0.4) is 0 Å². The van der Waals surface area contributed by atoms with Crippen molar-refractivity contribution in [3.63, 3.8) is 0 Å². The van der Waals surface area contributed by atoms with E-state index in [1.807, 2.05) is 0 Å². The molecule has 0 atom stereocenters. The maximum absolute atomic E-state index is 11.8. The zero-order chi connectivity index (χ0) is 14.2. The highest BCUT2D eigenvalue weighted by molar-refractivity contribution is 5.96. The van der Waals surface area contributed by atoms with Crippen molar-refractivity contribution in [3.05, 3.63) is 18.1 Å². The van der Waals surface area contributed by atoms with Crippen molar-refractivity contribution < 1.29 is 9.53 Å². The van der Waals surface area contributed by atoms with Crippen LogP contribution >= 0.6 is 0 Å². The molecule has 110 valence electrons. The molecule has 0 saturated heterocycles. The Hall–Kier alpha value is -1.69. The summed E-state index contributed by atoms with van der Waals surface area (Å²) in [6.07, 6.45) is 10.3. The van der Waals surface area contributed by atoms with Crippen LogP contribution in [0.2, 0.25) is 0 Å². The minimum Gasteiger partial charge on any atom is -0.382 e. The van der Waals surface area contributed by atoms with E-state index in [-0.39, 0.29) is 17.4 Å². The molecule has 6 heteroatoms. The van der Waals surface area contributed by atoms with Crippen LogP contribution < -0.4 is 11.1 Å². The van der Waals surface area contributed by atoms with Gasteiger partial charge in [-0.15, -0.1) is 0 Å². The van der Waals surface area contributed by atoms with Crippen LogP contribution in [0.25, 0.3) is 0 Å². The number of aromatic nitrogens is 2. The number of hydrogen-bond acceptors (Lipinski definition) is 5. The Morgan fingerprint density at radius 1 is 1.30 bits per heavy atom. The standard InChI is InChI=1S/C14H22N4O2/c15-13-12(16-8-9-17-13)14(19)18-7-4-10-20-11-5-2-1-3-6-11/h8-9,11H,1-7,10H2,(H2,15,17)(H,18,19). The van der Waals surface area contributed by atoms with E-state index >= 15 is 0 Å². The fourth-order valence-corrected chi connectivity index (χ4v) is 2.36. The zero-order valence-electron chi connectivity index (χ0n) is 11.7. The Labute approximate surface area is 119 Å². The number of nitrogens with one attached hydrogen (secondary N) is 1. The minimum absolute atomic E-state index is 0.156. The first-order valence-electron chi connectivity index (χ1n) is 7.23. The van der Waals surface area contributed by atoms with Gasteiger partial charge in [0.05, 0.1) is 6.10 Å². The molecule has 2 rings (SSSR count). The van der Waals surface area contributed by atoms with Crippen molar-refractivity contribution in [2.45, 2.75) is 44.6 Å². The second kappa shape index (κ2) is 7.79. The molecule has 1 saturated carbocycles. The SMILES string of the molecule is Nc1nccnc1C(=O)NCCCOC1CCCCC1. The molecule has 0 unspecified atom stereocenters. The Kier molecular flexibility index (Phi) is 5.73. The average molecular weight is 278 g/mol. The van der Waals surface area contributed by atoms with E-state index in [4.69, 9.17) is 10.5 Å². The Balaban J connectivity index is 1.61. The summed E-state index contributed by atoms with van der Waals surface area (Å²) in [6.45, 7) is 1.24. The highest BCUT2D eigenvalue weighted by Gasteiger charge is 2.14. The Bertz CT molecular complexity index is 433. The van der Waals surface area contributed by atoms with Crippen LogP contribution in [-0.2, 0) is 4.74 Å². The number of carbonyl (C=O) groups is 1. The Morgan fingerprint density at radius 2 is 2.05 bits per heavy atom. The van der Waals surface area contributed by atoms with E-state index in [2.05, 4.69) is 15.3 Å². The third-order valence-corrected chi connectivity index (χ3v) is 3.45. The number of nitrogens with two attached hydrogens (primary N) is 1. The summed E-state index contributed by atoms with van der Waals surface area (Å²) in [5.41, 5.74) is 5.77. The van der Waals surface area contributed by atoms with Gasteiger partial charge in [-0.2, -0.15) is 0 Å². The van der Waals surface area contributed by atoms with Crippen LogP contribution in [-0.4, -0.2) is 35.1 Å². The highest BCUT2D eigenvalue weighted by Crippen LogP contribution is 2.20. The van der Waals surface area contributed by atoms with Crippen LogP contribution in [0.5, 0.6) is 0 Å². The highest BCUT2D eigenvalue weighted by atomic mass is 16.5. The number of amides is 1. The number of ether oxygens (including phenoxy) is 1. The third-order valence-electron chi connectivity index (χ3n) is 3.45. The fourth-order valence-electron chi connectivity index (χ4n) is 2.36. The van der Waals surface area contributed by atoms with Crippen LogP contribution in [0.1, 0.15) is 49.0 Å². The topological polar surface area (TPSA) is 90.1 Å². The van der Waals surface area contributed by atoms with Crippen molar-refractivity contribution in [1.29, 1.82) is 0 Å². The molecular weight excluding hydrogens is 256 g/mol. The van der Waals surface area contributed by atoms with Crippen molar-refractivity contribution in [3.8, 4) is 0 Å². The lowest BCUT2D eigenvalue weighted by atomic mass is 9.98. The molecule has 6 nitrogen and oxygen atoms in total. The van der Waals surface area contributed by atoms with Gasteiger partial charge in [-0.05, 0) is 19.3 Å². The van der Waals surface area contributed by atoms with Gasteiger partial charge in [0.1, 0.15) is 0 Å². The molecule has 0 aliphatic heterocycles. The maximum atomic E-state index is 11.8. The number of hydrogen-bond donors (Lipinski definition) is 2. The van der Waals surface area contributed by atoms with E-state index in [0.29, 0.717) is 19.3 Å². The molecule has 1 aliphatic carbocycles. The van der Waals surface area contributed by atoms with E-state index in [1.54, 1.807) is 0 Å².